The van der Waals surface area contributed by atoms with Crippen LogP contribution >= 0.6 is 0 Å². The normalized spacial score (nSPS) is 16.9. The number of urea groups is 1. The van der Waals surface area contributed by atoms with Gasteiger partial charge in [0.2, 0.25) is 0 Å². The molecule has 6 nitrogen and oxygen atoms in total. The molecule has 6 heteroatoms. The summed E-state index contributed by atoms with van der Waals surface area (Å²) in [6.07, 6.45) is 6.03. The molecule has 1 saturated heterocycles. The van der Waals surface area contributed by atoms with Crippen molar-refractivity contribution in [1.82, 2.24) is 20.0 Å². The third-order valence-corrected chi connectivity index (χ3v) is 4.78. The minimum atomic E-state index is 0.0511. The van der Waals surface area contributed by atoms with Crippen LogP contribution in [0.5, 0.6) is 0 Å². The van der Waals surface area contributed by atoms with Crippen molar-refractivity contribution in [3.8, 4) is 0 Å². The number of anilines is 1. The van der Waals surface area contributed by atoms with Crippen LogP contribution in [0.15, 0.2) is 42.7 Å². The zero-order valence-corrected chi connectivity index (χ0v) is 15.1. The van der Waals surface area contributed by atoms with Crippen LogP contribution in [0.3, 0.4) is 0 Å². The molecule has 1 fully saturated rings. The summed E-state index contributed by atoms with van der Waals surface area (Å²) in [5, 5.41) is 7.26. The first-order valence-corrected chi connectivity index (χ1v) is 8.88. The van der Waals surface area contributed by atoms with E-state index in [1.54, 1.807) is 0 Å². The second-order valence-corrected chi connectivity index (χ2v) is 6.82. The summed E-state index contributed by atoms with van der Waals surface area (Å²) < 4.78 is 1.83. The average molecular weight is 341 g/mol. The first-order chi connectivity index (χ1) is 12.1. The van der Waals surface area contributed by atoms with Crippen molar-refractivity contribution >= 4 is 11.7 Å². The van der Waals surface area contributed by atoms with Crippen LogP contribution in [-0.4, -0.2) is 53.9 Å². The second-order valence-electron chi connectivity index (χ2n) is 6.82. The Morgan fingerprint density at radius 3 is 2.88 bits per heavy atom. The molecule has 0 spiro atoms. The van der Waals surface area contributed by atoms with Crippen LogP contribution in [0.2, 0.25) is 0 Å². The number of para-hydroxylation sites is 1. The van der Waals surface area contributed by atoms with E-state index in [2.05, 4.69) is 33.6 Å². The highest BCUT2D eigenvalue weighted by Crippen LogP contribution is 2.20. The van der Waals surface area contributed by atoms with Gasteiger partial charge in [0.15, 0.2) is 0 Å². The van der Waals surface area contributed by atoms with Gasteiger partial charge in [-0.3, -0.25) is 4.68 Å². The molecule has 1 N–H and O–H groups in total. The highest BCUT2D eigenvalue weighted by Gasteiger charge is 2.26. The highest BCUT2D eigenvalue weighted by atomic mass is 16.2. The number of benzene rings is 1. The zero-order chi connectivity index (χ0) is 17.6. The van der Waals surface area contributed by atoms with Gasteiger partial charge >= 0.3 is 6.03 Å². The van der Waals surface area contributed by atoms with Gasteiger partial charge in [0.05, 0.1) is 6.20 Å². The summed E-state index contributed by atoms with van der Waals surface area (Å²) in [6, 6.07) is 10.3. The maximum absolute atomic E-state index is 12.3. The van der Waals surface area contributed by atoms with Gasteiger partial charge < -0.3 is 15.1 Å². The number of likely N-dealkylation sites (tertiary alicyclic amines) is 1. The van der Waals surface area contributed by atoms with E-state index in [-0.39, 0.29) is 6.03 Å². The molecule has 1 aliphatic heterocycles. The second kappa shape index (κ2) is 8.05. The van der Waals surface area contributed by atoms with Crippen LogP contribution in [0.25, 0.3) is 0 Å². The van der Waals surface area contributed by atoms with Crippen LogP contribution in [-0.2, 0) is 13.5 Å². The molecule has 1 aromatic heterocycles. The maximum atomic E-state index is 12.3. The topological polar surface area (TPSA) is 53.4 Å². The van der Waals surface area contributed by atoms with E-state index in [0.29, 0.717) is 12.5 Å². The Labute approximate surface area is 149 Å². The Hall–Kier alpha value is -2.50. The molecule has 3 rings (SSSR count). The number of rotatable bonds is 6. The molecule has 1 aliphatic rings. The third-order valence-electron chi connectivity index (χ3n) is 4.78. The summed E-state index contributed by atoms with van der Waals surface area (Å²) in [5.74, 6) is 0.530. The lowest BCUT2D eigenvalue weighted by atomic mass is 10.0. The number of hydrogen-bond donors (Lipinski definition) is 1. The molecule has 2 heterocycles. The molecule has 2 amide bonds. The van der Waals surface area contributed by atoms with Crippen molar-refractivity contribution in [2.45, 2.75) is 12.8 Å². The molecule has 0 aliphatic carbocycles. The summed E-state index contributed by atoms with van der Waals surface area (Å²) >= 11 is 0. The van der Waals surface area contributed by atoms with E-state index in [9.17, 15) is 4.79 Å². The van der Waals surface area contributed by atoms with E-state index >= 15 is 0 Å². The van der Waals surface area contributed by atoms with Crippen molar-refractivity contribution < 1.29 is 4.79 Å². The van der Waals surface area contributed by atoms with Gasteiger partial charge in [0.1, 0.15) is 0 Å². The van der Waals surface area contributed by atoms with E-state index < -0.39 is 0 Å². The predicted molar refractivity (Wildman–Crippen MR) is 99.7 cm³/mol. The summed E-state index contributed by atoms with van der Waals surface area (Å²) in [6.45, 7) is 3.11. The third kappa shape index (κ3) is 4.75. The monoisotopic (exact) mass is 341 g/mol. The predicted octanol–water partition coefficient (Wildman–Crippen LogP) is 2.13. The van der Waals surface area contributed by atoms with Gasteiger partial charge in [0.25, 0.3) is 0 Å². The van der Waals surface area contributed by atoms with E-state index in [1.807, 2.05) is 48.1 Å². The average Bonchev–Trinajstić information content (AvgIpc) is 3.25. The van der Waals surface area contributed by atoms with Gasteiger partial charge in [-0.25, -0.2) is 4.79 Å². The number of amides is 2. The lowest BCUT2D eigenvalue weighted by molar-refractivity contribution is 0.207. The first kappa shape index (κ1) is 17.3. The van der Waals surface area contributed by atoms with Gasteiger partial charge in [-0.15, -0.1) is 0 Å². The fourth-order valence-corrected chi connectivity index (χ4v) is 3.35. The van der Waals surface area contributed by atoms with E-state index in [4.69, 9.17) is 0 Å². The molecule has 0 unspecified atom stereocenters. The Balaban J connectivity index is 1.39. The number of nitrogens with zero attached hydrogens (tertiary/aromatic N) is 4. The molecule has 1 aromatic carbocycles. The Morgan fingerprint density at radius 2 is 2.16 bits per heavy atom. The van der Waals surface area contributed by atoms with Crippen molar-refractivity contribution in [2.75, 3.05) is 38.1 Å². The van der Waals surface area contributed by atoms with E-state index in [0.717, 1.165) is 38.2 Å². The quantitative estimate of drug-likeness (QED) is 0.876. The number of hydrogen-bond acceptors (Lipinski definition) is 3. The fourth-order valence-electron chi connectivity index (χ4n) is 3.35. The standard InChI is InChI=1S/C19H27N5O/c1-22(18-6-4-3-5-7-18)11-9-20-19(25)24-10-8-16(15-24)12-17-13-21-23(2)14-17/h3-7,13-14,16H,8-12,15H2,1-2H3,(H,20,25)/t16-/m1/s1. The van der Waals surface area contributed by atoms with E-state index in [1.165, 1.54) is 5.56 Å². The molecule has 0 saturated carbocycles. The van der Waals surface area contributed by atoms with Crippen LogP contribution in [0, 0.1) is 5.92 Å². The smallest absolute Gasteiger partial charge is 0.317 e. The number of carbonyl (C=O) groups excluding carboxylic acids is 1. The minimum absolute atomic E-state index is 0.0511. The van der Waals surface area contributed by atoms with Gasteiger partial charge in [-0.1, -0.05) is 18.2 Å². The lowest BCUT2D eigenvalue weighted by Crippen LogP contribution is -2.41. The van der Waals surface area contributed by atoms with Gasteiger partial charge in [-0.05, 0) is 36.5 Å². The lowest BCUT2D eigenvalue weighted by Gasteiger charge is -2.21. The summed E-state index contributed by atoms with van der Waals surface area (Å²) in [5.41, 5.74) is 2.41. The fraction of sp³-hybridized carbons (Fsp3) is 0.474. The number of aryl methyl sites for hydroxylation is 1. The van der Waals surface area contributed by atoms with Crippen LogP contribution in [0.4, 0.5) is 10.5 Å². The molecular weight excluding hydrogens is 314 g/mol. The maximum Gasteiger partial charge on any atom is 0.317 e. The van der Waals surface area contributed by atoms with Crippen molar-refractivity contribution in [2.24, 2.45) is 13.0 Å². The van der Waals surface area contributed by atoms with Crippen LogP contribution in [0.1, 0.15) is 12.0 Å². The summed E-state index contributed by atoms with van der Waals surface area (Å²) in [4.78, 5) is 16.4. The van der Waals surface area contributed by atoms with Crippen molar-refractivity contribution in [1.29, 1.82) is 0 Å². The Bertz CT molecular complexity index is 684. The summed E-state index contributed by atoms with van der Waals surface area (Å²) in [7, 11) is 3.98. The zero-order valence-electron chi connectivity index (χ0n) is 15.1. The SMILES string of the molecule is CN(CCNC(=O)N1CC[C@H](Cc2cnn(C)c2)C1)c1ccccc1. The molecule has 134 valence electrons. The number of nitrogens with one attached hydrogen (secondary N) is 1. The molecule has 0 bridgehead atoms. The van der Waals surface area contributed by atoms with Gasteiger partial charge in [0, 0.05) is 52.2 Å². The largest absolute Gasteiger partial charge is 0.373 e. The van der Waals surface area contributed by atoms with Crippen molar-refractivity contribution in [3.63, 3.8) is 0 Å². The molecular formula is C19H27N5O. The number of aromatic nitrogens is 2. The van der Waals surface area contributed by atoms with Gasteiger partial charge in [-0.2, -0.15) is 5.10 Å². The minimum Gasteiger partial charge on any atom is -0.373 e. The molecule has 0 radical (unpaired) electrons. The molecule has 2 aromatic rings. The van der Waals surface area contributed by atoms with Crippen LogP contribution < -0.4 is 10.2 Å². The Morgan fingerprint density at radius 1 is 1.36 bits per heavy atom. The number of carbonyl (C=O) groups is 1. The number of likely N-dealkylation sites (N-methyl/N-ethyl adjacent to an activating group) is 1. The highest BCUT2D eigenvalue weighted by molar-refractivity contribution is 5.74. The van der Waals surface area contributed by atoms with Crippen molar-refractivity contribution in [3.05, 3.63) is 48.3 Å². The molecule has 25 heavy (non-hydrogen) atoms. The Kier molecular flexibility index (Phi) is 5.58. The molecule has 1 atom stereocenters. The first-order valence-electron chi connectivity index (χ1n) is 8.88.